The van der Waals surface area contributed by atoms with E-state index in [1.54, 1.807) is 4.90 Å². The first-order valence-corrected chi connectivity index (χ1v) is 8.73. The lowest BCUT2D eigenvalue weighted by Crippen LogP contribution is -2.35. The molecule has 0 radical (unpaired) electrons. The fourth-order valence-electron chi connectivity index (χ4n) is 2.22. The largest absolute Gasteiger partial charge is 0.489 e. The Hall–Kier alpha value is -1.27. The summed E-state index contributed by atoms with van der Waals surface area (Å²) in [4.78, 5) is 17.8. The zero-order chi connectivity index (χ0) is 18.4. The van der Waals surface area contributed by atoms with Crippen LogP contribution in [0.1, 0.15) is 23.7 Å². The molecular weight excluding hydrogens is 425 g/mol. The number of pyridine rings is 1. The summed E-state index contributed by atoms with van der Waals surface area (Å²) in [7, 11) is 0. The molecule has 0 aliphatic carbocycles. The molecule has 0 bridgehead atoms. The molecule has 0 spiro atoms. The molecule has 1 aromatic carbocycles. The van der Waals surface area contributed by atoms with Crippen LogP contribution in [0.5, 0.6) is 5.75 Å². The van der Waals surface area contributed by atoms with Crippen LogP contribution in [0.2, 0.25) is 15.1 Å². The second-order valence-corrected chi connectivity index (χ2v) is 6.48. The monoisotopic (exact) mass is 440 g/mol. The molecule has 142 valence electrons. The summed E-state index contributed by atoms with van der Waals surface area (Å²) in [5.41, 5.74) is 0.191. The number of aromatic nitrogens is 1. The second kappa shape index (κ2) is 10.8. The van der Waals surface area contributed by atoms with Crippen molar-refractivity contribution < 1.29 is 13.9 Å². The molecule has 0 N–H and O–H groups in total. The molecule has 1 heterocycles. The molecule has 0 unspecified atom stereocenters. The minimum absolute atomic E-state index is 0. The zero-order valence-electron chi connectivity index (χ0n) is 13.8. The van der Waals surface area contributed by atoms with Crippen molar-refractivity contribution in [2.24, 2.45) is 0 Å². The molecule has 0 saturated heterocycles. The molecule has 0 aliphatic rings. The van der Waals surface area contributed by atoms with Crippen molar-refractivity contribution in [1.82, 2.24) is 9.88 Å². The number of hydrogen-bond donors (Lipinski definition) is 0. The van der Waals surface area contributed by atoms with Crippen molar-refractivity contribution in [3.63, 3.8) is 0 Å². The third-order valence-corrected chi connectivity index (χ3v) is 4.08. The van der Waals surface area contributed by atoms with Gasteiger partial charge in [0.05, 0.1) is 28.4 Å². The van der Waals surface area contributed by atoms with E-state index in [0.29, 0.717) is 33.9 Å². The number of halogens is 5. The molecule has 0 saturated carbocycles. The van der Waals surface area contributed by atoms with Gasteiger partial charge in [-0.1, -0.05) is 41.7 Å². The molecule has 26 heavy (non-hydrogen) atoms. The molecule has 4 nitrogen and oxygen atoms in total. The molecule has 1 aromatic heterocycles. The third-order valence-electron chi connectivity index (χ3n) is 3.30. The van der Waals surface area contributed by atoms with Gasteiger partial charge in [-0.25, -0.2) is 4.39 Å². The van der Waals surface area contributed by atoms with E-state index < -0.39 is 5.82 Å². The van der Waals surface area contributed by atoms with Gasteiger partial charge in [-0.2, -0.15) is 0 Å². The van der Waals surface area contributed by atoms with Gasteiger partial charge in [-0.3, -0.25) is 9.78 Å². The quantitative estimate of drug-likeness (QED) is 0.566. The summed E-state index contributed by atoms with van der Waals surface area (Å²) in [5.74, 6) is -0.562. The molecule has 0 fully saturated rings. The van der Waals surface area contributed by atoms with E-state index >= 15 is 0 Å². The van der Waals surface area contributed by atoms with Crippen LogP contribution in [-0.2, 0) is 0 Å². The maximum Gasteiger partial charge on any atom is 0.255 e. The maximum absolute atomic E-state index is 13.3. The van der Waals surface area contributed by atoms with Crippen LogP contribution in [0, 0.1) is 5.82 Å². The minimum atomic E-state index is -0.557. The first-order valence-electron chi connectivity index (χ1n) is 7.59. The van der Waals surface area contributed by atoms with Gasteiger partial charge in [0.1, 0.15) is 12.4 Å². The summed E-state index contributed by atoms with van der Waals surface area (Å²) in [6.45, 7) is 2.91. The molecule has 0 atom stereocenters. The van der Waals surface area contributed by atoms with Gasteiger partial charge in [0.25, 0.3) is 5.91 Å². The molecular formula is C17H17Cl4FN2O2. The van der Waals surface area contributed by atoms with Crippen molar-refractivity contribution in [3.05, 3.63) is 57.0 Å². The van der Waals surface area contributed by atoms with Gasteiger partial charge in [0.15, 0.2) is 5.75 Å². The van der Waals surface area contributed by atoms with Crippen LogP contribution in [0.15, 0.2) is 30.6 Å². The first-order chi connectivity index (χ1) is 11.9. The van der Waals surface area contributed by atoms with Crippen molar-refractivity contribution in [1.29, 1.82) is 0 Å². The highest BCUT2D eigenvalue weighted by atomic mass is 35.5. The van der Waals surface area contributed by atoms with E-state index in [-0.39, 0.29) is 30.5 Å². The van der Waals surface area contributed by atoms with Gasteiger partial charge >= 0.3 is 0 Å². The lowest BCUT2D eigenvalue weighted by atomic mass is 10.2. The Balaban J connectivity index is 0.00000338. The van der Waals surface area contributed by atoms with Gasteiger partial charge in [-0.05, 0) is 24.6 Å². The van der Waals surface area contributed by atoms with Crippen molar-refractivity contribution in [3.8, 4) is 5.75 Å². The number of nitrogens with zero attached hydrogens (tertiary/aromatic N) is 2. The number of amides is 1. The second-order valence-electron chi connectivity index (χ2n) is 5.23. The highest BCUT2D eigenvalue weighted by molar-refractivity contribution is 6.40. The van der Waals surface area contributed by atoms with Crippen LogP contribution in [-0.4, -0.2) is 35.5 Å². The lowest BCUT2D eigenvalue weighted by Gasteiger charge is -2.22. The topological polar surface area (TPSA) is 42.4 Å². The summed E-state index contributed by atoms with van der Waals surface area (Å²) in [5, 5.41) is 0.990. The Morgan fingerprint density at radius 1 is 1.15 bits per heavy atom. The maximum atomic E-state index is 13.3. The molecule has 0 aliphatic heterocycles. The van der Waals surface area contributed by atoms with Crippen molar-refractivity contribution in [2.45, 2.75) is 13.3 Å². The predicted molar refractivity (Wildman–Crippen MR) is 105 cm³/mol. The predicted octanol–water partition coefficient (Wildman–Crippen LogP) is 5.53. The summed E-state index contributed by atoms with van der Waals surface area (Å²) in [6.07, 6.45) is 3.13. The van der Waals surface area contributed by atoms with Gasteiger partial charge in [0.2, 0.25) is 0 Å². The molecule has 2 rings (SSSR count). The normalized spacial score (nSPS) is 10.2. The Labute approximate surface area is 172 Å². The van der Waals surface area contributed by atoms with Crippen LogP contribution in [0.3, 0.4) is 0 Å². The summed E-state index contributed by atoms with van der Waals surface area (Å²) < 4.78 is 18.9. The number of rotatable bonds is 7. The van der Waals surface area contributed by atoms with Crippen molar-refractivity contribution in [2.75, 3.05) is 19.7 Å². The van der Waals surface area contributed by atoms with Crippen LogP contribution in [0.4, 0.5) is 4.39 Å². The SMILES string of the molecule is CCCN(CCOc1c(Cl)cc(Cl)cc1Cl)C(=O)c1cncc(F)c1.Cl. The van der Waals surface area contributed by atoms with E-state index in [0.717, 1.165) is 18.7 Å². The lowest BCUT2D eigenvalue weighted by molar-refractivity contribution is 0.0729. The Kier molecular flexibility index (Phi) is 9.44. The Bertz CT molecular complexity index is 738. The number of benzene rings is 1. The van der Waals surface area contributed by atoms with Gasteiger partial charge in [0, 0.05) is 17.8 Å². The highest BCUT2D eigenvalue weighted by Gasteiger charge is 2.17. The average Bonchev–Trinajstić information content (AvgIpc) is 2.55. The van der Waals surface area contributed by atoms with E-state index in [2.05, 4.69) is 4.98 Å². The fourth-order valence-corrected chi connectivity index (χ4v) is 3.15. The number of ether oxygens (including phenoxy) is 1. The standard InChI is InChI=1S/C17H16Cl3FN2O2.ClH/c1-2-3-23(17(24)11-6-13(21)10-22-9-11)4-5-25-16-14(19)7-12(18)8-15(16)20;/h6-10H,2-5H2,1H3;1H. The molecule has 1 amide bonds. The fraction of sp³-hybridized carbons (Fsp3) is 0.294. The van der Waals surface area contributed by atoms with Crippen molar-refractivity contribution >= 4 is 53.1 Å². The smallest absolute Gasteiger partial charge is 0.255 e. The molecule has 2 aromatic rings. The minimum Gasteiger partial charge on any atom is -0.489 e. The Morgan fingerprint density at radius 3 is 2.38 bits per heavy atom. The van der Waals surface area contributed by atoms with Crippen LogP contribution in [0.25, 0.3) is 0 Å². The van der Waals surface area contributed by atoms with E-state index in [1.165, 1.54) is 18.3 Å². The summed E-state index contributed by atoms with van der Waals surface area (Å²) >= 11 is 18.0. The van der Waals surface area contributed by atoms with Gasteiger partial charge < -0.3 is 9.64 Å². The van der Waals surface area contributed by atoms with E-state index in [4.69, 9.17) is 39.5 Å². The average molecular weight is 442 g/mol. The van der Waals surface area contributed by atoms with E-state index in [9.17, 15) is 9.18 Å². The van der Waals surface area contributed by atoms with Gasteiger partial charge in [-0.15, -0.1) is 12.4 Å². The zero-order valence-corrected chi connectivity index (χ0v) is 16.9. The first kappa shape index (κ1) is 22.8. The number of hydrogen-bond acceptors (Lipinski definition) is 3. The Morgan fingerprint density at radius 2 is 1.81 bits per heavy atom. The van der Waals surface area contributed by atoms with Crippen LogP contribution < -0.4 is 4.74 Å². The molecule has 9 heteroatoms. The summed E-state index contributed by atoms with van der Waals surface area (Å²) in [6, 6.07) is 4.21. The van der Waals surface area contributed by atoms with E-state index in [1.807, 2.05) is 6.92 Å². The van der Waals surface area contributed by atoms with Crippen LogP contribution >= 0.6 is 47.2 Å². The third kappa shape index (κ3) is 6.16. The highest BCUT2D eigenvalue weighted by Crippen LogP contribution is 2.35. The number of carbonyl (C=O) groups is 1. The number of carbonyl (C=O) groups excluding carboxylic acids is 1.